The molecule has 2 atom stereocenters. The van der Waals surface area contributed by atoms with E-state index < -0.39 is 0 Å². The van der Waals surface area contributed by atoms with Crippen molar-refractivity contribution in [2.24, 2.45) is 5.92 Å². The van der Waals surface area contributed by atoms with Crippen molar-refractivity contribution >= 4 is 5.91 Å². The first-order chi connectivity index (χ1) is 9.72. The highest BCUT2D eigenvalue weighted by atomic mass is 16.2. The highest BCUT2D eigenvalue weighted by molar-refractivity contribution is 5.79. The average molecular weight is 274 g/mol. The molecule has 0 spiro atoms. The molecule has 1 heterocycles. The van der Waals surface area contributed by atoms with Crippen molar-refractivity contribution in [3.63, 3.8) is 0 Å². The van der Waals surface area contributed by atoms with E-state index >= 15 is 0 Å². The van der Waals surface area contributed by atoms with Crippen LogP contribution in [0.1, 0.15) is 38.7 Å². The molecule has 0 aromatic heterocycles. The monoisotopic (exact) mass is 274 g/mol. The molecule has 1 amide bonds. The Morgan fingerprint density at radius 3 is 2.75 bits per heavy atom. The SMILES string of the molecule is CCC(C)N(Cc1ccccc1)C(=O)[C@@H]1CCCNC1. The van der Waals surface area contributed by atoms with Gasteiger partial charge in [0.25, 0.3) is 0 Å². The van der Waals surface area contributed by atoms with Crippen molar-refractivity contribution < 1.29 is 4.79 Å². The summed E-state index contributed by atoms with van der Waals surface area (Å²) in [6.07, 6.45) is 3.13. The van der Waals surface area contributed by atoms with E-state index in [-0.39, 0.29) is 5.92 Å². The maximum Gasteiger partial charge on any atom is 0.227 e. The van der Waals surface area contributed by atoms with E-state index in [0.29, 0.717) is 11.9 Å². The third-order valence-corrected chi connectivity index (χ3v) is 4.25. The first-order valence-corrected chi connectivity index (χ1v) is 7.77. The Labute approximate surface area is 122 Å². The number of amides is 1. The smallest absolute Gasteiger partial charge is 0.227 e. The lowest BCUT2D eigenvalue weighted by molar-refractivity contribution is -0.139. The second-order valence-corrected chi connectivity index (χ2v) is 5.75. The Balaban J connectivity index is 2.08. The molecule has 0 radical (unpaired) electrons. The van der Waals surface area contributed by atoms with Crippen LogP contribution < -0.4 is 5.32 Å². The minimum atomic E-state index is 0.154. The lowest BCUT2D eigenvalue weighted by Gasteiger charge is -2.33. The number of piperidine rings is 1. The van der Waals surface area contributed by atoms with Crippen molar-refractivity contribution in [1.82, 2.24) is 10.2 Å². The van der Waals surface area contributed by atoms with Gasteiger partial charge in [0.15, 0.2) is 0 Å². The third kappa shape index (κ3) is 3.83. The van der Waals surface area contributed by atoms with Gasteiger partial charge in [0.05, 0.1) is 5.92 Å². The van der Waals surface area contributed by atoms with Gasteiger partial charge in [0, 0.05) is 19.1 Å². The van der Waals surface area contributed by atoms with Crippen molar-refractivity contribution in [3.05, 3.63) is 35.9 Å². The standard InChI is InChI=1S/C17H26N2O/c1-3-14(2)19(13-15-8-5-4-6-9-15)17(20)16-10-7-11-18-12-16/h4-6,8-9,14,16,18H,3,7,10-13H2,1-2H3/t14?,16-/m1/s1. The van der Waals surface area contributed by atoms with Crippen LogP contribution in [0.25, 0.3) is 0 Å². The molecule has 3 heteroatoms. The van der Waals surface area contributed by atoms with Gasteiger partial charge >= 0.3 is 0 Å². The van der Waals surface area contributed by atoms with Crippen LogP contribution in [0.2, 0.25) is 0 Å². The first kappa shape index (κ1) is 15.0. The van der Waals surface area contributed by atoms with Crippen LogP contribution in [-0.4, -0.2) is 29.9 Å². The van der Waals surface area contributed by atoms with Crippen LogP contribution >= 0.6 is 0 Å². The number of carbonyl (C=O) groups excluding carboxylic acids is 1. The second kappa shape index (κ2) is 7.44. The Morgan fingerprint density at radius 2 is 2.15 bits per heavy atom. The van der Waals surface area contributed by atoms with Gasteiger partial charge in [-0.15, -0.1) is 0 Å². The summed E-state index contributed by atoms with van der Waals surface area (Å²) in [5.74, 6) is 0.469. The number of hydrogen-bond donors (Lipinski definition) is 1. The number of nitrogens with zero attached hydrogens (tertiary/aromatic N) is 1. The Hall–Kier alpha value is -1.35. The molecular weight excluding hydrogens is 248 g/mol. The van der Waals surface area contributed by atoms with Crippen molar-refractivity contribution in [3.8, 4) is 0 Å². The fraction of sp³-hybridized carbons (Fsp3) is 0.588. The highest BCUT2D eigenvalue weighted by Crippen LogP contribution is 2.19. The minimum Gasteiger partial charge on any atom is -0.335 e. The molecule has 20 heavy (non-hydrogen) atoms. The van der Waals surface area contributed by atoms with Crippen LogP contribution in [0.3, 0.4) is 0 Å². The van der Waals surface area contributed by atoms with Crippen LogP contribution in [0.4, 0.5) is 0 Å². The largest absolute Gasteiger partial charge is 0.335 e. The maximum absolute atomic E-state index is 12.8. The molecule has 1 fully saturated rings. The van der Waals surface area contributed by atoms with Crippen LogP contribution in [0, 0.1) is 5.92 Å². The van der Waals surface area contributed by atoms with E-state index in [1.54, 1.807) is 0 Å². The zero-order valence-electron chi connectivity index (χ0n) is 12.6. The molecule has 2 rings (SSSR count). The molecule has 3 nitrogen and oxygen atoms in total. The Bertz CT molecular complexity index is 412. The number of nitrogens with one attached hydrogen (secondary N) is 1. The molecule has 110 valence electrons. The van der Waals surface area contributed by atoms with Crippen LogP contribution in [-0.2, 0) is 11.3 Å². The van der Waals surface area contributed by atoms with E-state index in [0.717, 1.165) is 38.9 Å². The van der Waals surface area contributed by atoms with E-state index in [1.807, 2.05) is 18.2 Å². The molecular formula is C17H26N2O. The zero-order valence-corrected chi connectivity index (χ0v) is 12.6. The Morgan fingerprint density at radius 1 is 1.40 bits per heavy atom. The fourth-order valence-corrected chi connectivity index (χ4v) is 2.75. The number of benzene rings is 1. The zero-order chi connectivity index (χ0) is 14.4. The predicted octanol–water partition coefficient (Wildman–Crippen LogP) is 2.81. The number of rotatable bonds is 5. The quantitative estimate of drug-likeness (QED) is 0.895. The maximum atomic E-state index is 12.8. The number of hydrogen-bond acceptors (Lipinski definition) is 2. The van der Waals surface area contributed by atoms with E-state index in [9.17, 15) is 4.79 Å². The normalized spacial score (nSPS) is 20.4. The molecule has 0 bridgehead atoms. The van der Waals surface area contributed by atoms with E-state index in [4.69, 9.17) is 0 Å². The number of carbonyl (C=O) groups is 1. The molecule has 1 N–H and O–H groups in total. The van der Waals surface area contributed by atoms with Gasteiger partial charge in [-0.3, -0.25) is 4.79 Å². The Kier molecular flexibility index (Phi) is 5.60. The summed E-state index contributed by atoms with van der Waals surface area (Å²) in [5, 5.41) is 3.34. The summed E-state index contributed by atoms with van der Waals surface area (Å²) in [5.41, 5.74) is 1.21. The third-order valence-electron chi connectivity index (χ3n) is 4.25. The van der Waals surface area contributed by atoms with Gasteiger partial charge in [0.1, 0.15) is 0 Å². The van der Waals surface area contributed by atoms with E-state index in [2.05, 4.69) is 36.2 Å². The van der Waals surface area contributed by atoms with E-state index in [1.165, 1.54) is 5.56 Å². The topological polar surface area (TPSA) is 32.3 Å². The summed E-state index contributed by atoms with van der Waals surface area (Å²) < 4.78 is 0. The molecule has 0 saturated carbocycles. The molecule has 1 saturated heterocycles. The molecule has 1 aromatic rings. The summed E-state index contributed by atoms with van der Waals surface area (Å²) >= 11 is 0. The summed E-state index contributed by atoms with van der Waals surface area (Å²) in [6, 6.07) is 10.6. The van der Waals surface area contributed by atoms with Crippen molar-refractivity contribution in [1.29, 1.82) is 0 Å². The van der Waals surface area contributed by atoms with Crippen molar-refractivity contribution in [2.45, 2.75) is 45.7 Å². The highest BCUT2D eigenvalue weighted by Gasteiger charge is 2.28. The van der Waals surface area contributed by atoms with Crippen LogP contribution in [0.5, 0.6) is 0 Å². The van der Waals surface area contributed by atoms with Gasteiger partial charge in [-0.05, 0) is 38.3 Å². The van der Waals surface area contributed by atoms with Gasteiger partial charge in [-0.2, -0.15) is 0 Å². The van der Waals surface area contributed by atoms with Gasteiger partial charge in [-0.1, -0.05) is 37.3 Å². The molecule has 1 aliphatic rings. The lowest BCUT2D eigenvalue weighted by atomic mass is 9.97. The summed E-state index contributed by atoms with van der Waals surface area (Å²) in [4.78, 5) is 14.9. The first-order valence-electron chi connectivity index (χ1n) is 7.77. The molecule has 1 aliphatic heterocycles. The van der Waals surface area contributed by atoms with Crippen LogP contribution in [0.15, 0.2) is 30.3 Å². The summed E-state index contributed by atoms with van der Waals surface area (Å²) in [6.45, 7) is 6.91. The van der Waals surface area contributed by atoms with Gasteiger partial charge in [0.2, 0.25) is 5.91 Å². The fourth-order valence-electron chi connectivity index (χ4n) is 2.75. The molecule has 1 unspecified atom stereocenters. The molecule has 1 aromatic carbocycles. The predicted molar refractivity (Wildman–Crippen MR) is 82.3 cm³/mol. The summed E-state index contributed by atoms with van der Waals surface area (Å²) in [7, 11) is 0. The van der Waals surface area contributed by atoms with Gasteiger partial charge in [-0.25, -0.2) is 0 Å². The lowest BCUT2D eigenvalue weighted by Crippen LogP contribution is -2.46. The molecule has 0 aliphatic carbocycles. The average Bonchev–Trinajstić information content (AvgIpc) is 2.53. The minimum absolute atomic E-state index is 0.154. The second-order valence-electron chi connectivity index (χ2n) is 5.75. The van der Waals surface area contributed by atoms with Crippen molar-refractivity contribution in [2.75, 3.05) is 13.1 Å². The van der Waals surface area contributed by atoms with Gasteiger partial charge < -0.3 is 10.2 Å².